The van der Waals surface area contributed by atoms with E-state index in [1.54, 1.807) is 12.6 Å². The number of hydrogen-bond donors (Lipinski definition) is 0. The first-order valence-electron chi connectivity index (χ1n) is 4.33. The molecule has 0 N–H and O–H groups in total. The van der Waals surface area contributed by atoms with Crippen LogP contribution >= 0.6 is 0 Å². The Labute approximate surface area is 76.2 Å². The van der Waals surface area contributed by atoms with E-state index in [1.165, 1.54) is 0 Å². The molecule has 0 amide bonds. The summed E-state index contributed by atoms with van der Waals surface area (Å²) in [6.07, 6.45) is 4.42. The fraction of sp³-hybridized carbons (Fsp3) is 0.333. The molecule has 2 aromatic heterocycles. The Morgan fingerprint density at radius 3 is 3.15 bits per heavy atom. The number of furan rings is 1. The molecule has 0 spiro atoms. The van der Waals surface area contributed by atoms with E-state index in [9.17, 15) is 0 Å². The van der Waals surface area contributed by atoms with E-state index in [4.69, 9.17) is 4.42 Å². The Hall–Kier alpha value is -1.58. The minimum Gasteiger partial charge on any atom is -0.461 e. The van der Waals surface area contributed by atoms with E-state index in [2.05, 4.69) is 17.1 Å². The molecule has 0 unspecified atom stereocenters. The molecule has 0 aliphatic carbocycles. The maximum atomic E-state index is 5.24. The van der Waals surface area contributed by atoms with Crippen molar-refractivity contribution in [3.63, 3.8) is 0 Å². The third-order valence-electron chi connectivity index (χ3n) is 1.82. The van der Waals surface area contributed by atoms with Crippen molar-refractivity contribution in [3.05, 3.63) is 24.7 Å². The minimum atomic E-state index is 0.769. The number of nitrogens with zero attached hydrogens (tertiary/aromatic N) is 3. The van der Waals surface area contributed by atoms with E-state index >= 15 is 0 Å². The Kier molecular flexibility index (Phi) is 2.12. The topological polar surface area (TPSA) is 43.9 Å². The fourth-order valence-electron chi connectivity index (χ4n) is 1.26. The lowest BCUT2D eigenvalue weighted by atomic mass is 10.4. The van der Waals surface area contributed by atoms with E-state index in [1.807, 2.05) is 16.7 Å². The van der Waals surface area contributed by atoms with E-state index in [0.717, 1.165) is 24.6 Å². The second kappa shape index (κ2) is 3.43. The molecule has 0 bridgehead atoms. The van der Waals surface area contributed by atoms with Crippen LogP contribution in [0.2, 0.25) is 0 Å². The highest BCUT2D eigenvalue weighted by Crippen LogP contribution is 2.16. The molecule has 13 heavy (non-hydrogen) atoms. The lowest BCUT2D eigenvalue weighted by molar-refractivity contribution is 0.566. The highest BCUT2D eigenvalue weighted by atomic mass is 16.3. The van der Waals surface area contributed by atoms with Gasteiger partial charge in [0.25, 0.3) is 0 Å². The van der Waals surface area contributed by atoms with Gasteiger partial charge in [0, 0.05) is 6.54 Å². The zero-order valence-corrected chi connectivity index (χ0v) is 7.47. The third kappa shape index (κ3) is 1.47. The van der Waals surface area contributed by atoms with Gasteiger partial charge in [-0.25, -0.2) is 0 Å². The maximum absolute atomic E-state index is 5.24. The molecule has 0 fully saturated rings. The maximum Gasteiger partial charge on any atom is 0.199 e. The summed E-state index contributed by atoms with van der Waals surface area (Å²) < 4.78 is 7.23. The second-order valence-electron chi connectivity index (χ2n) is 2.83. The van der Waals surface area contributed by atoms with Crippen molar-refractivity contribution < 1.29 is 4.42 Å². The van der Waals surface area contributed by atoms with Crippen molar-refractivity contribution in [2.75, 3.05) is 0 Å². The number of aryl methyl sites for hydroxylation is 1. The summed E-state index contributed by atoms with van der Waals surface area (Å²) in [6.45, 7) is 3.04. The molecule has 0 radical (unpaired) electrons. The Bertz CT molecular complexity index is 364. The fourth-order valence-corrected chi connectivity index (χ4v) is 1.26. The van der Waals surface area contributed by atoms with Crippen LogP contribution in [0.3, 0.4) is 0 Å². The normalized spacial score (nSPS) is 10.5. The van der Waals surface area contributed by atoms with Crippen molar-refractivity contribution in [2.24, 2.45) is 0 Å². The standard InChI is InChI=1S/C9H11N3O/c1-2-5-12-7-10-11-9(12)8-4-3-6-13-8/h3-4,6-7H,2,5H2,1H3. The predicted molar refractivity (Wildman–Crippen MR) is 48.0 cm³/mol. The van der Waals surface area contributed by atoms with Gasteiger partial charge in [0.1, 0.15) is 6.33 Å². The predicted octanol–water partition coefficient (Wildman–Crippen LogP) is 1.95. The lowest BCUT2D eigenvalue weighted by Crippen LogP contribution is -1.97. The minimum absolute atomic E-state index is 0.769. The average molecular weight is 177 g/mol. The first-order chi connectivity index (χ1) is 6.42. The van der Waals surface area contributed by atoms with Crippen molar-refractivity contribution in [3.8, 4) is 11.6 Å². The van der Waals surface area contributed by atoms with Gasteiger partial charge >= 0.3 is 0 Å². The molecule has 0 saturated heterocycles. The number of aromatic nitrogens is 3. The molecule has 0 atom stereocenters. The molecule has 4 heteroatoms. The van der Waals surface area contributed by atoms with Crippen molar-refractivity contribution in [1.29, 1.82) is 0 Å². The van der Waals surface area contributed by atoms with Crippen LogP contribution in [0.25, 0.3) is 11.6 Å². The average Bonchev–Trinajstić information content (AvgIpc) is 2.71. The monoisotopic (exact) mass is 177 g/mol. The van der Waals surface area contributed by atoms with Crippen LogP contribution in [0.1, 0.15) is 13.3 Å². The van der Waals surface area contributed by atoms with Crippen molar-refractivity contribution in [2.45, 2.75) is 19.9 Å². The first-order valence-corrected chi connectivity index (χ1v) is 4.33. The Morgan fingerprint density at radius 2 is 2.46 bits per heavy atom. The molecular weight excluding hydrogens is 166 g/mol. The highest BCUT2D eigenvalue weighted by molar-refractivity contribution is 5.45. The molecule has 4 nitrogen and oxygen atoms in total. The van der Waals surface area contributed by atoms with E-state index in [0.29, 0.717) is 0 Å². The van der Waals surface area contributed by atoms with E-state index in [-0.39, 0.29) is 0 Å². The summed E-state index contributed by atoms with van der Waals surface area (Å²) in [7, 11) is 0. The second-order valence-corrected chi connectivity index (χ2v) is 2.83. The van der Waals surface area contributed by atoms with Gasteiger partial charge in [-0.05, 0) is 18.6 Å². The van der Waals surface area contributed by atoms with Gasteiger partial charge in [-0.15, -0.1) is 10.2 Å². The lowest BCUT2D eigenvalue weighted by Gasteiger charge is -2.00. The number of rotatable bonds is 3. The van der Waals surface area contributed by atoms with Crippen LogP contribution < -0.4 is 0 Å². The van der Waals surface area contributed by atoms with Gasteiger partial charge in [0.15, 0.2) is 11.6 Å². The molecular formula is C9H11N3O. The summed E-state index contributed by atoms with van der Waals surface area (Å²) in [6, 6.07) is 3.73. The van der Waals surface area contributed by atoms with E-state index < -0.39 is 0 Å². The summed E-state index contributed by atoms with van der Waals surface area (Å²) >= 11 is 0. The summed E-state index contributed by atoms with van der Waals surface area (Å²) in [5.41, 5.74) is 0. The van der Waals surface area contributed by atoms with Gasteiger partial charge < -0.3 is 8.98 Å². The molecule has 2 rings (SSSR count). The SMILES string of the molecule is CCCn1cnnc1-c1ccco1. The Balaban J connectivity index is 2.35. The molecule has 0 aliphatic heterocycles. The van der Waals surface area contributed by atoms with Crippen LogP contribution in [0.5, 0.6) is 0 Å². The van der Waals surface area contributed by atoms with Crippen LogP contribution in [0.4, 0.5) is 0 Å². The summed E-state index contributed by atoms with van der Waals surface area (Å²) in [4.78, 5) is 0. The smallest absolute Gasteiger partial charge is 0.199 e. The molecule has 2 aromatic rings. The largest absolute Gasteiger partial charge is 0.461 e. The van der Waals surface area contributed by atoms with Gasteiger partial charge in [-0.1, -0.05) is 6.92 Å². The van der Waals surface area contributed by atoms with Gasteiger partial charge in [0.05, 0.1) is 6.26 Å². The molecule has 0 aliphatic rings. The van der Waals surface area contributed by atoms with Gasteiger partial charge in [-0.2, -0.15) is 0 Å². The molecule has 0 saturated carbocycles. The quantitative estimate of drug-likeness (QED) is 0.719. The van der Waals surface area contributed by atoms with Crippen LogP contribution in [-0.4, -0.2) is 14.8 Å². The van der Waals surface area contributed by atoms with Crippen LogP contribution in [0, 0.1) is 0 Å². The summed E-state index contributed by atoms with van der Waals surface area (Å²) in [5, 5.41) is 7.85. The summed E-state index contributed by atoms with van der Waals surface area (Å²) in [5.74, 6) is 1.57. The zero-order valence-electron chi connectivity index (χ0n) is 7.47. The number of hydrogen-bond acceptors (Lipinski definition) is 3. The first kappa shape index (κ1) is 8.04. The molecule has 0 aromatic carbocycles. The Morgan fingerprint density at radius 1 is 1.54 bits per heavy atom. The third-order valence-corrected chi connectivity index (χ3v) is 1.82. The highest BCUT2D eigenvalue weighted by Gasteiger charge is 2.07. The van der Waals surface area contributed by atoms with Crippen LogP contribution in [0.15, 0.2) is 29.1 Å². The molecule has 2 heterocycles. The van der Waals surface area contributed by atoms with Gasteiger partial charge in [-0.3, -0.25) is 0 Å². The van der Waals surface area contributed by atoms with Crippen LogP contribution in [-0.2, 0) is 6.54 Å². The van der Waals surface area contributed by atoms with Gasteiger partial charge in [0.2, 0.25) is 0 Å². The van der Waals surface area contributed by atoms with Crippen molar-refractivity contribution in [1.82, 2.24) is 14.8 Å². The zero-order chi connectivity index (χ0) is 9.10. The molecule has 68 valence electrons. The van der Waals surface area contributed by atoms with Crippen molar-refractivity contribution >= 4 is 0 Å².